The van der Waals surface area contributed by atoms with E-state index in [1.54, 1.807) is 0 Å². The highest BCUT2D eigenvalue weighted by Gasteiger charge is 2.31. The molecule has 3 atom stereocenters. The van der Waals surface area contributed by atoms with Gasteiger partial charge in [0, 0.05) is 19.3 Å². The standard InChI is InChI=1S/C49H76ClN3O7/c1-3-5-7-9-11-13-15-17-19-27-35-59-46(55)34-33-42(49(58)60-36-28-20-18-16-14-12-10-8-6-4-2)52-48(57)44(38-41-31-25-22-26-32-41)53-47(56)43(51-45(54)39-50)37-40-29-23-21-24-30-40/h21-26,29-32,42-44H,3-20,27-28,33-39H2,1-2H3,(H,51,54)(H,52,57)(H,53,56)/t42-,43-,44-/m0/s1. The van der Waals surface area contributed by atoms with Gasteiger partial charge in [0.25, 0.3) is 0 Å². The molecule has 0 aliphatic rings. The molecule has 336 valence electrons. The van der Waals surface area contributed by atoms with Crippen molar-refractivity contribution in [2.45, 2.75) is 186 Å². The van der Waals surface area contributed by atoms with Crippen LogP contribution < -0.4 is 16.0 Å². The zero-order valence-electron chi connectivity index (χ0n) is 36.8. The minimum atomic E-state index is -1.14. The third-order valence-electron chi connectivity index (χ3n) is 10.7. The normalized spacial score (nSPS) is 12.5. The smallest absolute Gasteiger partial charge is 0.328 e. The van der Waals surface area contributed by atoms with E-state index in [1.165, 1.54) is 83.5 Å². The van der Waals surface area contributed by atoms with E-state index in [4.69, 9.17) is 21.1 Å². The van der Waals surface area contributed by atoms with Gasteiger partial charge in [-0.1, -0.05) is 190 Å². The summed E-state index contributed by atoms with van der Waals surface area (Å²) in [6, 6.07) is 15.1. The molecule has 0 fully saturated rings. The van der Waals surface area contributed by atoms with E-state index in [0.717, 1.165) is 49.7 Å². The highest BCUT2D eigenvalue weighted by atomic mass is 35.5. The number of hydrogen-bond donors (Lipinski definition) is 3. The highest BCUT2D eigenvalue weighted by molar-refractivity contribution is 6.27. The summed E-state index contributed by atoms with van der Waals surface area (Å²) in [6.07, 6.45) is 23.3. The number of amides is 3. The molecule has 10 nitrogen and oxygen atoms in total. The molecule has 0 aliphatic carbocycles. The predicted octanol–water partition coefficient (Wildman–Crippen LogP) is 9.87. The fourth-order valence-electron chi connectivity index (χ4n) is 7.12. The monoisotopic (exact) mass is 854 g/mol. The Kier molecular flexibility index (Phi) is 30.2. The average molecular weight is 855 g/mol. The van der Waals surface area contributed by atoms with Crippen LogP contribution in [-0.4, -0.2) is 66.9 Å². The van der Waals surface area contributed by atoms with Crippen molar-refractivity contribution in [3.63, 3.8) is 0 Å². The van der Waals surface area contributed by atoms with E-state index >= 15 is 0 Å². The number of nitrogens with one attached hydrogen (secondary N) is 3. The first-order valence-corrected chi connectivity index (χ1v) is 23.7. The van der Waals surface area contributed by atoms with Crippen LogP contribution in [0.25, 0.3) is 0 Å². The molecule has 3 amide bonds. The fraction of sp³-hybridized carbons (Fsp3) is 0.653. The van der Waals surface area contributed by atoms with E-state index in [9.17, 15) is 24.0 Å². The van der Waals surface area contributed by atoms with Crippen LogP contribution in [0, 0.1) is 0 Å². The van der Waals surface area contributed by atoms with Crippen LogP contribution in [-0.2, 0) is 46.3 Å². The molecule has 0 radical (unpaired) electrons. The van der Waals surface area contributed by atoms with Gasteiger partial charge in [-0.15, -0.1) is 11.6 Å². The van der Waals surface area contributed by atoms with Gasteiger partial charge >= 0.3 is 11.9 Å². The molecule has 0 unspecified atom stereocenters. The number of rotatable bonds is 36. The third-order valence-corrected chi connectivity index (χ3v) is 11.0. The van der Waals surface area contributed by atoms with Crippen LogP contribution >= 0.6 is 11.6 Å². The van der Waals surface area contributed by atoms with Gasteiger partial charge in [0.05, 0.1) is 13.2 Å². The van der Waals surface area contributed by atoms with E-state index in [1.807, 2.05) is 60.7 Å². The number of carbonyl (C=O) groups excluding carboxylic acids is 5. The van der Waals surface area contributed by atoms with E-state index in [2.05, 4.69) is 29.8 Å². The van der Waals surface area contributed by atoms with Gasteiger partial charge in [-0.05, 0) is 30.4 Å². The summed E-state index contributed by atoms with van der Waals surface area (Å²) in [5.74, 6) is -3.14. The Morgan fingerprint density at radius 2 is 0.883 bits per heavy atom. The summed E-state index contributed by atoms with van der Waals surface area (Å²) in [4.78, 5) is 66.7. The largest absolute Gasteiger partial charge is 0.466 e. The Hall–Kier alpha value is -3.92. The molecule has 0 bridgehead atoms. The van der Waals surface area contributed by atoms with E-state index < -0.39 is 47.8 Å². The lowest BCUT2D eigenvalue weighted by molar-refractivity contribution is -0.149. The Morgan fingerprint density at radius 1 is 0.500 bits per heavy atom. The van der Waals surface area contributed by atoms with Crippen molar-refractivity contribution in [2.24, 2.45) is 0 Å². The number of carbonyl (C=O) groups is 5. The summed E-state index contributed by atoms with van der Waals surface area (Å²) in [7, 11) is 0. The van der Waals surface area contributed by atoms with Crippen molar-refractivity contribution < 1.29 is 33.4 Å². The van der Waals surface area contributed by atoms with Gasteiger partial charge in [0.1, 0.15) is 24.0 Å². The predicted molar refractivity (Wildman–Crippen MR) is 242 cm³/mol. The van der Waals surface area contributed by atoms with Gasteiger partial charge in [-0.25, -0.2) is 4.79 Å². The third kappa shape index (κ3) is 25.6. The zero-order chi connectivity index (χ0) is 43.5. The highest BCUT2D eigenvalue weighted by Crippen LogP contribution is 2.14. The number of alkyl halides is 1. The van der Waals surface area contributed by atoms with Crippen molar-refractivity contribution >= 4 is 41.3 Å². The molecule has 60 heavy (non-hydrogen) atoms. The van der Waals surface area contributed by atoms with Gasteiger partial charge in [0.15, 0.2) is 0 Å². The lowest BCUT2D eigenvalue weighted by atomic mass is 10.0. The minimum absolute atomic E-state index is 0.0200. The van der Waals surface area contributed by atoms with Crippen LogP contribution in [0.5, 0.6) is 0 Å². The van der Waals surface area contributed by atoms with Crippen LogP contribution in [0.4, 0.5) is 0 Å². The van der Waals surface area contributed by atoms with Crippen molar-refractivity contribution in [3.8, 4) is 0 Å². The Morgan fingerprint density at radius 3 is 1.32 bits per heavy atom. The van der Waals surface area contributed by atoms with Gasteiger partial charge in [-0.2, -0.15) is 0 Å². The van der Waals surface area contributed by atoms with Crippen molar-refractivity contribution in [1.29, 1.82) is 0 Å². The molecule has 0 saturated heterocycles. The first-order chi connectivity index (χ1) is 29.3. The second-order valence-corrected chi connectivity index (χ2v) is 16.3. The SMILES string of the molecule is CCCCCCCCCCCCOC(=O)CC[C@H](NC(=O)[C@H](Cc1ccccc1)NC(=O)[C@H](Cc1ccccc1)NC(=O)CCl)C(=O)OCCCCCCCCCCCC. The molecular formula is C49H76ClN3O7. The maximum atomic E-state index is 14.1. The van der Waals surface area contributed by atoms with Crippen molar-refractivity contribution in [3.05, 3.63) is 71.8 Å². The zero-order valence-corrected chi connectivity index (χ0v) is 37.6. The molecule has 0 aliphatic heterocycles. The number of hydrogen-bond acceptors (Lipinski definition) is 7. The molecule has 3 N–H and O–H groups in total. The molecule has 2 aromatic carbocycles. The molecule has 2 aromatic rings. The second kappa shape index (κ2) is 34.8. The quantitative estimate of drug-likeness (QED) is 0.0352. The Bertz CT molecular complexity index is 1440. The first kappa shape index (κ1) is 52.2. The van der Waals surface area contributed by atoms with Crippen LogP contribution in [0.1, 0.15) is 166 Å². The summed E-state index contributed by atoms with van der Waals surface area (Å²) in [5.41, 5.74) is 1.58. The van der Waals surface area contributed by atoms with Crippen molar-refractivity contribution in [1.82, 2.24) is 16.0 Å². The lowest BCUT2D eigenvalue weighted by Gasteiger charge is -2.25. The summed E-state index contributed by atoms with van der Waals surface area (Å²) in [6.45, 7) is 4.96. The first-order valence-electron chi connectivity index (χ1n) is 23.1. The molecule has 0 aromatic heterocycles. The number of halogens is 1. The van der Waals surface area contributed by atoms with Crippen LogP contribution in [0.3, 0.4) is 0 Å². The number of ether oxygens (including phenoxy) is 2. The Balaban J connectivity index is 2.06. The second-order valence-electron chi connectivity index (χ2n) is 16.0. The fourth-order valence-corrected chi connectivity index (χ4v) is 7.19. The maximum Gasteiger partial charge on any atom is 0.328 e. The number of esters is 2. The molecular weight excluding hydrogens is 778 g/mol. The minimum Gasteiger partial charge on any atom is -0.466 e. The topological polar surface area (TPSA) is 140 Å². The molecule has 0 spiro atoms. The van der Waals surface area contributed by atoms with E-state index in [0.29, 0.717) is 13.0 Å². The van der Waals surface area contributed by atoms with E-state index in [-0.39, 0.29) is 38.2 Å². The summed E-state index contributed by atoms with van der Waals surface area (Å²) < 4.78 is 11.2. The summed E-state index contributed by atoms with van der Waals surface area (Å²) in [5, 5.41) is 8.29. The van der Waals surface area contributed by atoms with Crippen LogP contribution in [0.2, 0.25) is 0 Å². The number of unbranched alkanes of at least 4 members (excludes halogenated alkanes) is 18. The van der Waals surface area contributed by atoms with Crippen molar-refractivity contribution in [2.75, 3.05) is 19.1 Å². The van der Waals surface area contributed by atoms with Gasteiger partial charge in [-0.3, -0.25) is 19.2 Å². The Labute approximate surface area is 366 Å². The number of benzene rings is 2. The van der Waals surface area contributed by atoms with Crippen LogP contribution in [0.15, 0.2) is 60.7 Å². The lowest BCUT2D eigenvalue weighted by Crippen LogP contribution is -2.57. The maximum absolute atomic E-state index is 14.1. The van der Waals surface area contributed by atoms with Gasteiger partial charge in [0.2, 0.25) is 17.7 Å². The summed E-state index contributed by atoms with van der Waals surface area (Å²) >= 11 is 5.79. The molecule has 11 heteroatoms. The molecule has 0 heterocycles. The molecule has 2 rings (SSSR count). The van der Waals surface area contributed by atoms with Gasteiger partial charge < -0.3 is 25.4 Å². The average Bonchev–Trinajstić information content (AvgIpc) is 3.26. The molecule has 0 saturated carbocycles.